The van der Waals surface area contributed by atoms with Crippen molar-refractivity contribution in [1.82, 2.24) is 0 Å². The Morgan fingerprint density at radius 2 is 2.27 bits per heavy atom. The van der Waals surface area contributed by atoms with Gasteiger partial charge in [0.15, 0.2) is 0 Å². The second-order valence-corrected chi connectivity index (χ2v) is 2.07. The van der Waals surface area contributed by atoms with Gasteiger partial charge in [0.1, 0.15) is 0 Å². The van der Waals surface area contributed by atoms with Crippen LogP contribution in [0, 0.1) is 0 Å². The number of hydrogen-bond donors (Lipinski definition) is 0. The number of methoxy groups -OCH3 is 1. The zero-order valence-corrected chi connectivity index (χ0v) is 7.42. The van der Waals surface area contributed by atoms with E-state index in [4.69, 9.17) is 4.74 Å². The van der Waals surface area contributed by atoms with Crippen molar-refractivity contribution >= 4 is 5.90 Å². The van der Waals surface area contributed by atoms with Gasteiger partial charge >= 0.3 is 0 Å². The summed E-state index contributed by atoms with van der Waals surface area (Å²) in [6, 6.07) is 0. The Morgan fingerprint density at radius 1 is 1.64 bits per heavy atom. The molecule has 0 bridgehead atoms. The fourth-order valence-electron chi connectivity index (χ4n) is 0.742. The molecule has 0 saturated heterocycles. The fraction of sp³-hybridized carbons (Fsp3) is 0.444. The smallest absolute Gasteiger partial charge is 0.211 e. The quantitative estimate of drug-likeness (QED) is 0.346. The van der Waals surface area contributed by atoms with E-state index in [0.717, 1.165) is 12.1 Å². The molecule has 11 heavy (non-hydrogen) atoms. The molecule has 0 unspecified atom stereocenters. The van der Waals surface area contributed by atoms with Gasteiger partial charge in [-0.25, -0.2) is 0 Å². The molecule has 62 valence electrons. The Balaban J connectivity index is 4.37. The van der Waals surface area contributed by atoms with Crippen LogP contribution in [0.4, 0.5) is 0 Å². The van der Waals surface area contributed by atoms with Gasteiger partial charge in [-0.3, -0.25) is 4.99 Å². The summed E-state index contributed by atoms with van der Waals surface area (Å²) >= 11 is 0. The number of allylic oxidation sites excluding steroid dienone is 2. The summed E-state index contributed by atoms with van der Waals surface area (Å²) < 4.78 is 5.04. The van der Waals surface area contributed by atoms with Crippen molar-refractivity contribution < 1.29 is 4.74 Å². The molecule has 0 aliphatic rings. The molecule has 0 aromatic heterocycles. The van der Waals surface area contributed by atoms with Crippen LogP contribution in [0.3, 0.4) is 0 Å². The van der Waals surface area contributed by atoms with Crippen molar-refractivity contribution in [2.75, 3.05) is 13.7 Å². The van der Waals surface area contributed by atoms with Crippen LogP contribution in [0.15, 0.2) is 29.3 Å². The van der Waals surface area contributed by atoms with E-state index in [2.05, 4.69) is 11.6 Å². The number of nitrogens with zero attached hydrogens (tertiary/aromatic N) is 1. The third-order valence-electron chi connectivity index (χ3n) is 1.20. The van der Waals surface area contributed by atoms with Crippen molar-refractivity contribution in [1.29, 1.82) is 0 Å². The third-order valence-corrected chi connectivity index (χ3v) is 1.20. The van der Waals surface area contributed by atoms with Crippen LogP contribution in [0.5, 0.6) is 0 Å². The van der Waals surface area contributed by atoms with Crippen LogP contribution in [0.2, 0.25) is 0 Å². The maximum Gasteiger partial charge on any atom is 0.211 e. The predicted molar refractivity (Wildman–Crippen MR) is 48.9 cm³/mol. The van der Waals surface area contributed by atoms with Crippen LogP contribution in [-0.4, -0.2) is 19.6 Å². The molecule has 2 heteroatoms. The molecular weight excluding hydrogens is 138 g/mol. The molecule has 0 rings (SSSR count). The molecule has 0 radical (unpaired) electrons. The zero-order chi connectivity index (χ0) is 8.69. The predicted octanol–water partition coefficient (Wildman–Crippen LogP) is 2.18. The van der Waals surface area contributed by atoms with Crippen LogP contribution < -0.4 is 0 Å². The van der Waals surface area contributed by atoms with E-state index in [9.17, 15) is 0 Å². The Kier molecular flexibility index (Phi) is 5.17. The highest BCUT2D eigenvalue weighted by atomic mass is 16.5. The van der Waals surface area contributed by atoms with Gasteiger partial charge in [-0.05, 0) is 13.8 Å². The first-order valence-corrected chi connectivity index (χ1v) is 3.64. The number of hydrogen-bond acceptors (Lipinski definition) is 2. The first-order chi connectivity index (χ1) is 5.26. The molecule has 0 aromatic rings. The van der Waals surface area contributed by atoms with Gasteiger partial charge in [0.2, 0.25) is 5.90 Å². The molecule has 0 spiro atoms. The van der Waals surface area contributed by atoms with Crippen LogP contribution in [0.1, 0.15) is 13.8 Å². The van der Waals surface area contributed by atoms with Gasteiger partial charge in [0.25, 0.3) is 0 Å². The summed E-state index contributed by atoms with van der Waals surface area (Å²) in [4.78, 5) is 4.14. The minimum atomic E-state index is 0.687. The molecular formula is C9H15NO. The van der Waals surface area contributed by atoms with Crippen molar-refractivity contribution in [3.05, 3.63) is 24.3 Å². The zero-order valence-electron chi connectivity index (χ0n) is 7.42. The topological polar surface area (TPSA) is 21.6 Å². The summed E-state index contributed by atoms with van der Waals surface area (Å²) in [5.74, 6) is 0.687. The number of ether oxygens (including phenoxy) is 1. The highest BCUT2D eigenvalue weighted by Crippen LogP contribution is 1.98. The average molecular weight is 153 g/mol. The van der Waals surface area contributed by atoms with E-state index >= 15 is 0 Å². The molecule has 0 amide bonds. The lowest BCUT2D eigenvalue weighted by atomic mass is 10.3. The molecule has 0 aliphatic carbocycles. The molecule has 0 fully saturated rings. The van der Waals surface area contributed by atoms with Gasteiger partial charge in [0, 0.05) is 12.1 Å². The first kappa shape index (κ1) is 9.95. The third kappa shape index (κ3) is 3.61. The molecule has 0 aromatic carbocycles. The van der Waals surface area contributed by atoms with Crippen LogP contribution >= 0.6 is 0 Å². The molecule has 0 saturated carbocycles. The van der Waals surface area contributed by atoms with Gasteiger partial charge < -0.3 is 4.74 Å². The Labute approximate surface area is 68.3 Å². The molecule has 0 aliphatic heterocycles. The number of rotatable bonds is 3. The molecule has 0 heterocycles. The summed E-state index contributed by atoms with van der Waals surface area (Å²) in [6.45, 7) is 8.25. The van der Waals surface area contributed by atoms with Crippen molar-refractivity contribution in [2.45, 2.75) is 13.8 Å². The lowest BCUT2D eigenvalue weighted by molar-refractivity contribution is 0.401. The van der Waals surface area contributed by atoms with E-state index in [0.29, 0.717) is 5.90 Å². The van der Waals surface area contributed by atoms with E-state index < -0.39 is 0 Å². The molecule has 0 atom stereocenters. The Morgan fingerprint density at radius 3 is 2.64 bits per heavy atom. The van der Waals surface area contributed by atoms with E-state index in [1.807, 2.05) is 19.9 Å². The Bertz CT molecular complexity index is 180. The van der Waals surface area contributed by atoms with Crippen LogP contribution in [-0.2, 0) is 4.74 Å². The van der Waals surface area contributed by atoms with Gasteiger partial charge in [-0.15, -0.1) is 0 Å². The Hall–Kier alpha value is -1.05. The van der Waals surface area contributed by atoms with Gasteiger partial charge in [0.05, 0.1) is 7.11 Å². The summed E-state index contributed by atoms with van der Waals surface area (Å²) in [5.41, 5.74) is 1.00. The van der Waals surface area contributed by atoms with Crippen molar-refractivity contribution in [3.8, 4) is 0 Å². The molecule has 0 N–H and O–H groups in total. The van der Waals surface area contributed by atoms with Crippen molar-refractivity contribution in [2.24, 2.45) is 4.99 Å². The minimum Gasteiger partial charge on any atom is -0.481 e. The van der Waals surface area contributed by atoms with Crippen LogP contribution in [0.25, 0.3) is 0 Å². The van der Waals surface area contributed by atoms with Crippen molar-refractivity contribution in [3.63, 3.8) is 0 Å². The van der Waals surface area contributed by atoms with Gasteiger partial charge in [-0.1, -0.05) is 18.7 Å². The standard InChI is InChI=1S/C9H15NO/c1-5-7-8(3)9(11-4)10-6-2/h5,7H,1,6H2,2-4H3/b8-7+,10-9?. The summed E-state index contributed by atoms with van der Waals surface area (Å²) in [7, 11) is 1.62. The lowest BCUT2D eigenvalue weighted by Crippen LogP contribution is -2.03. The van der Waals surface area contributed by atoms with E-state index in [1.54, 1.807) is 13.2 Å². The lowest BCUT2D eigenvalue weighted by Gasteiger charge is -2.02. The largest absolute Gasteiger partial charge is 0.481 e. The first-order valence-electron chi connectivity index (χ1n) is 3.64. The normalized spacial score (nSPS) is 13.0. The SMILES string of the molecule is C=C/C=C(\C)C(=NCC)OC. The van der Waals surface area contributed by atoms with E-state index in [1.165, 1.54) is 0 Å². The second-order valence-electron chi connectivity index (χ2n) is 2.07. The number of aliphatic imine (C=N–C) groups is 1. The maximum atomic E-state index is 5.04. The second kappa shape index (κ2) is 5.71. The highest BCUT2D eigenvalue weighted by Gasteiger charge is 1.97. The van der Waals surface area contributed by atoms with E-state index in [-0.39, 0.29) is 0 Å². The molecule has 2 nitrogen and oxygen atoms in total. The fourth-order valence-corrected chi connectivity index (χ4v) is 0.742. The summed E-state index contributed by atoms with van der Waals surface area (Å²) in [6.07, 6.45) is 3.59. The highest BCUT2D eigenvalue weighted by molar-refractivity contribution is 5.93. The van der Waals surface area contributed by atoms with Gasteiger partial charge in [-0.2, -0.15) is 0 Å². The monoisotopic (exact) mass is 153 g/mol. The average Bonchev–Trinajstić information content (AvgIpc) is 2.00. The minimum absolute atomic E-state index is 0.687. The summed E-state index contributed by atoms with van der Waals surface area (Å²) in [5, 5.41) is 0. The maximum absolute atomic E-state index is 5.04.